The maximum Gasteiger partial charge on any atom is 0.315 e. The van der Waals surface area contributed by atoms with E-state index in [2.05, 4.69) is 5.10 Å². The summed E-state index contributed by atoms with van der Waals surface area (Å²) in [5, 5.41) is 25.9. The Morgan fingerprint density at radius 2 is 1.93 bits per heavy atom. The van der Waals surface area contributed by atoms with Gasteiger partial charge in [-0.05, 0) is 31.2 Å². The number of hydrogen-bond acceptors (Lipinski definition) is 7. The number of nitro groups is 1. The number of hydrazone groups is 1. The summed E-state index contributed by atoms with van der Waals surface area (Å²) in [4.78, 5) is 35.6. The Morgan fingerprint density at radius 1 is 1.30 bits per heavy atom. The zero-order valence-electron chi connectivity index (χ0n) is 14.4. The van der Waals surface area contributed by atoms with E-state index in [0.29, 0.717) is 0 Å². The second-order valence-corrected chi connectivity index (χ2v) is 6.81. The van der Waals surface area contributed by atoms with Crippen LogP contribution >= 0.6 is 0 Å². The van der Waals surface area contributed by atoms with Gasteiger partial charge in [0.1, 0.15) is 0 Å². The van der Waals surface area contributed by atoms with Gasteiger partial charge in [-0.3, -0.25) is 19.7 Å². The zero-order chi connectivity index (χ0) is 19.3. The molecule has 9 nitrogen and oxygen atoms in total. The maximum absolute atomic E-state index is 12.6. The Balaban J connectivity index is 1.63. The van der Waals surface area contributed by atoms with Gasteiger partial charge in [-0.15, -0.1) is 0 Å². The molecule has 27 heavy (non-hydrogen) atoms. The van der Waals surface area contributed by atoms with Crippen molar-refractivity contribution in [2.24, 2.45) is 28.8 Å². The van der Waals surface area contributed by atoms with Gasteiger partial charge in [0, 0.05) is 11.6 Å². The first-order valence-corrected chi connectivity index (χ1v) is 8.66. The molecule has 2 aliphatic carbocycles. The van der Waals surface area contributed by atoms with Crippen LogP contribution in [0.1, 0.15) is 18.9 Å². The van der Waals surface area contributed by atoms with E-state index < -0.39 is 16.4 Å². The van der Waals surface area contributed by atoms with Crippen LogP contribution in [-0.2, 0) is 9.59 Å². The second kappa shape index (κ2) is 6.19. The van der Waals surface area contributed by atoms with Crippen molar-refractivity contribution in [2.75, 3.05) is 6.61 Å². The summed E-state index contributed by atoms with van der Waals surface area (Å²) < 4.78 is 5.21. The lowest BCUT2D eigenvalue weighted by Crippen LogP contribution is -2.28. The van der Waals surface area contributed by atoms with Crippen LogP contribution in [0.15, 0.2) is 29.4 Å². The molecule has 1 aromatic carbocycles. The molecule has 0 radical (unpaired) electrons. The standard InChI is InChI=1S/C18H17N3O6/c1-2-27-13-6-9(5-12(16(13)22)21(25)26)8-19-20-17(23)14-10-3-4-11(7-10)15(14)18(20)24/h3-6,8,10-11,14-15,22H,2,7H2,1H3/b19-8+/t10-,11+,14-,15-/m0/s1. The van der Waals surface area contributed by atoms with Crippen LogP contribution in [-0.4, -0.2) is 39.7 Å². The van der Waals surface area contributed by atoms with Gasteiger partial charge < -0.3 is 9.84 Å². The summed E-state index contributed by atoms with van der Waals surface area (Å²) in [6.07, 6.45) is 6.00. The lowest BCUT2D eigenvalue weighted by Gasteiger charge is -2.13. The number of hydrogen-bond donors (Lipinski definition) is 1. The van der Waals surface area contributed by atoms with Gasteiger partial charge in [-0.2, -0.15) is 10.1 Å². The van der Waals surface area contributed by atoms with E-state index in [1.807, 2.05) is 12.2 Å². The van der Waals surface area contributed by atoms with E-state index in [4.69, 9.17) is 4.74 Å². The molecule has 1 heterocycles. The molecule has 1 N–H and O–H groups in total. The lowest BCUT2D eigenvalue weighted by molar-refractivity contribution is -0.386. The maximum atomic E-state index is 12.6. The Kier molecular flexibility index (Phi) is 3.94. The first-order valence-electron chi connectivity index (χ1n) is 8.66. The number of carbonyl (C=O) groups excluding carboxylic acids is 2. The van der Waals surface area contributed by atoms with Gasteiger partial charge in [0.2, 0.25) is 5.75 Å². The molecular weight excluding hydrogens is 354 g/mol. The van der Waals surface area contributed by atoms with Gasteiger partial charge in [-0.25, -0.2) is 0 Å². The quantitative estimate of drug-likeness (QED) is 0.277. The number of amides is 2. The lowest BCUT2D eigenvalue weighted by atomic mass is 9.85. The largest absolute Gasteiger partial charge is 0.500 e. The number of rotatable bonds is 5. The summed E-state index contributed by atoms with van der Waals surface area (Å²) in [6, 6.07) is 2.48. The molecule has 1 saturated heterocycles. The van der Waals surface area contributed by atoms with Crippen LogP contribution in [0.5, 0.6) is 11.5 Å². The highest BCUT2D eigenvalue weighted by Gasteiger charge is 2.59. The molecule has 0 unspecified atom stereocenters. The van der Waals surface area contributed by atoms with Crippen molar-refractivity contribution in [3.63, 3.8) is 0 Å². The summed E-state index contributed by atoms with van der Waals surface area (Å²) in [5.74, 6) is -1.88. The number of ether oxygens (including phenoxy) is 1. The molecule has 9 heteroatoms. The fourth-order valence-corrected chi connectivity index (χ4v) is 4.22. The molecule has 140 valence electrons. The Morgan fingerprint density at radius 3 is 2.48 bits per heavy atom. The molecular formula is C18H17N3O6. The SMILES string of the molecule is CCOc1cc(/C=N/N2C(=O)[C@@H]3[C@@H](C2=O)[C@H]2C=C[C@@H]3C2)cc([N+](=O)[O-])c1O. The number of nitrogens with zero attached hydrogens (tertiary/aromatic N) is 3. The van der Waals surface area contributed by atoms with Crippen molar-refractivity contribution in [2.45, 2.75) is 13.3 Å². The highest BCUT2D eigenvalue weighted by Crippen LogP contribution is 2.52. The summed E-state index contributed by atoms with van der Waals surface area (Å²) in [6.45, 7) is 1.88. The number of carbonyl (C=O) groups is 2. The predicted molar refractivity (Wildman–Crippen MR) is 93.1 cm³/mol. The molecule has 2 fully saturated rings. The predicted octanol–water partition coefficient (Wildman–Crippen LogP) is 1.84. The van der Waals surface area contributed by atoms with Crippen molar-refractivity contribution in [3.8, 4) is 11.5 Å². The average molecular weight is 371 g/mol. The fraction of sp³-hybridized carbons (Fsp3) is 0.389. The first-order chi connectivity index (χ1) is 12.9. The number of fused-ring (bicyclic) bond motifs is 5. The van der Waals surface area contributed by atoms with Gasteiger partial charge in [-0.1, -0.05) is 12.2 Å². The fourth-order valence-electron chi connectivity index (χ4n) is 4.22. The van der Waals surface area contributed by atoms with Gasteiger partial charge in [0.05, 0.1) is 29.6 Å². The monoisotopic (exact) mass is 371 g/mol. The molecule has 4 atom stereocenters. The summed E-state index contributed by atoms with van der Waals surface area (Å²) in [5.41, 5.74) is -0.303. The van der Waals surface area contributed by atoms with Crippen molar-refractivity contribution in [1.29, 1.82) is 0 Å². The third-order valence-electron chi connectivity index (χ3n) is 5.34. The highest BCUT2D eigenvalue weighted by molar-refractivity contribution is 6.06. The van der Waals surface area contributed by atoms with Crippen LogP contribution in [0, 0.1) is 33.8 Å². The third-order valence-corrected chi connectivity index (χ3v) is 5.34. The molecule has 4 rings (SSSR count). The highest BCUT2D eigenvalue weighted by atomic mass is 16.6. The summed E-state index contributed by atoms with van der Waals surface area (Å²) >= 11 is 0. The number of benzene rings is 1. The molecule has 1 saturated carbocycles. The van der Waals surface area contributed by atoms with Crippen molar-refractivity contribution in [3.05, 3.63) is 40.0 Å². The molecule has 0 spiro atoms. The number of phenols is 1. The van der Waals surface area contributed by atoms with E-state index in [-0.39, 0.29) is 53.4 Å². The topological polar surface area (TPSA) is 122 Å². The molecule has 2 bridgehead atoms. The number of imide groups is 1. The number of phenolic OH excluding ortho intramolecular Hbond substituents is 1. The number of aromatic hydroxyl groups is 1. The van der Waals surface area contributed by atoms with E-state index in [1.54, 1.807) is 6.92 Å². The third kappa shape index (κ3) is 2.57. The van der Waals surface area contributed by atoms with Crippen LogP contribution in [0.2, 0.25) is 0 Å². The molecule has 3 aliphatic rings. The van der Waals surface area contributed by atoms with Crippen LogP contribution in [0.4, 0.5) is 5.69 Å². The minimum atomic E-state index is -0.741. The molecule has 0 aromatic heterocycles. The number of nitro benzene ring substituents is 1. The second-order valence-electron chi connectivity index (χ2n) is 6.81. The van der Waals surface area contributed by atoms with Crippen molar-refractivity contribution in [1.82, 2.24) is 5.01 Å². The number of allylic oxidation sites excluding steroid dienone is 2. The zero-order valence-corrected chi connectivity index (χ0v) is 14.4. The molecule has 1 aromatic rings. The van der Waals surface area contributed by atoms with E-state index >= 15 is 0 Å². The minimum absolute atomic E-state index is 0.0636. The Labute approximate surface area is 154 Å². The molecule has 1 aliphatic heterocycles. The van der Waals surface area contributed by atoms with Crippen molar-refractivity contribution < 1.29 is 24.4 Å². The first kappa shape index (κ1) is 17.2. The average Bonchev–Trinajstić information content (AvgIpc) is 3.30. The normalized spacial score (nSPS) is 28.4. The van der Waals surface area contributed by atoms with Gasteiger partial charge >= 0.3 is 5.69 Å². The Hall–Kier alpha value is -3.23. The Bertz CT molecular complexity index is 879. The van der Waals surface area contributed by atoms with Gasteiger partial charge in [0.15, 0.2) is 5.75 Å². The smallest absolute Gasteiger partial charge is 0.315 e. The van der Waals surface area contributed by atoms with Crippen LogP contribution in [0.3, 0.4) is 0 Å². The van der Waals surface area contributed by atoms with Crippen LogP contribution < -0.4 is 4.74 Å². The van der Waals surface area contributed by atoms with Gasteiger partial charge in [0.25, 0.3) is 11.8 Å². The summed E-state index contributed by atoms with van der Waals surface area (Å²) in [7, 11) is 0. The van der Waals surface area contributed by atoms with Crippen LogP contribution in [0.25, 0.3) is 0 Å². The molecule has 2 amide bonds. The van der Waals surface area contributed by atoms with Crippen molar-refractivity contribution >= 4 is 23.7 Å². The minimum Gasteiger partial charge on any atom is -0.500 e. The van der Waals surface area contributed by atoms with E-state index in [9.17, 15) is 24.8 Å². The van der Waals surface area contributed by atoms with E-state index in [1.165, 1.54) is 12.3 Å². The van der Waals surface area contributed by atoms with E-state index in [0.717, 1.165) is 17.5 Å².